The number of benzene rings is 1. The average molecular weight is 500 g/mol. The molecule has 3 aromatic rings. The summed E-state index contributed by atoms with van der Waals surface area (Å²) in [7, 11) is 0. The predicted octanol–water partition coefficient (Wildman–Crippen LogP) is 4.90. The fourth-order valence-corrected chi connectivity index (χ4v) is 5.44. The van der Waals surface area contributed by atoms with E-state index in [1.165, 1.54) is 4.90 Å². The van der Waals surface area contributed by atoms with Gasteiger partial charge in [-0.1, -0.05) is 12.0 Å². The second-order valence-electron chi connectivity index (χ2n) is 9.78. The van der Waals surface area contributed by atoms with Crippen molar-refractivity contribution in [3.8, 4) is 12.3 Å². The predicted molar refractivity (Wildman–Crippen MR) is 133 cm³/mol. The molecule has 5 rings (SSSR count). The maximum absolute atomic E-state index is 13.6. The van der Waals surface area contributed by atoms with Crippen LogP contribution in [0.2, 0.25) is 0 Å². The smallest absolute Gasteiger partial charge is 0.378 e. The highest BCUT2D eigenvalue weighted by molar-refractivity contribution is 5.86. The number of anilines is 1. The molecule has 0 saturated carbocycles. The zero-order chi connectivity index (χ0) is 25.4. The fourth-order valence-electron chi connectivity index (χ4n) is 5.44. The number of likely N-dealkylation sites (tertiary alicyclic amines) is 1. The Morgan fingerprint density at radius 3 is 2.69 bits per heavy atom. The lowest BCUT2D eigenvalue weighted by Gasteiger charge is -2.41. The zero-order valence-corrected chi connectivity index (χ0v) is 20.1. The molecule has 1 saturated heterocycles. The number of H-pyrrole nitrogens is 1. The Morgan fingerprint density at radius 1 is 1.22 bits per heavy atom. The van der Waals surface area contributed by atoms with E-state index in [0.717, 1.165) is 47.5 Å². The van der Waals surface area contributed by atoms with Gasteiger partial charge in [0.25, 0.3) is 0 Å². The largest absolute Gasteiger partial charge is 0.401 e. The number of terminal acetylenes is 1. The van der Waals surface area contributed by atoms with E-state index in [9.17, 15) is 17.6 Å². The van der Waals surface area contributed by atoms with Gasteiger partial charge in [-0.25, -0.2) is 0 Å². The minimum absolute atomic E-state index is 0.249. The lowest BCUT2D eigenvalue weighted by atomic mass is 9.90. The summed E-state index contributed by atoms with van der Waals surface area (Å²) < 4.78 is 53.2. The number of nitrogens with one attached hydrogen (secondary N) is 2. The second kappa shape index (κ2) is 9.75. The van der Waals surface area contributed by atoms with Gasteiger partial charge in [0.1, 0.15) is 0 Å². The Bertz CT molecular complexity index is 1250. The summed E-state index contributed by atoms with van der Waals surface area (Å²) in [6, 6.07) is 8.58. The molecule has 9 heteroatoms. The molecule has 2 atom stereocenters. The number of fused-ring (bicyclic) bond motifs is 3. The highest BCUT2D eigenvalue weighted by Gasteiger charge is 2.42. The van der Waals surface area contributed by atoms with Crippen LogP contribution in [0.1, 0.15) is 41.9 Å². The first-order valence-corrected chi connectivity index (χ1v) is 12.2. The summed E-state index contributed by atoms with van der Waals surface area (Å²) in [6.45, 7) is 2.91. The van der Waals surface area contributed by atoms with Gasteiger partial charge in [0.15, 0.2) is 0 Å². The van der Waals surface area contributed by atoms with Crippen LogP contribution in [-0.4, -0.2) is 70.9 Å². The van der Waals surface area contributed by atoms with Crippen molar-refractivity contribution in [3.63, 3.8) is 0 Å². The fraction of sp³-hybridized carbons (Fsp3) is 0.444. The summed E-state index contributed by atoms with van der Waals surface area (Å²) in [4.78, 5) is 11.6. The lowest BCUT2D eigenvalue weighted by Crippen LogP contribution is -2.54. The van der Waals surface area contributed by atoms with E-state index in [0.29, 0.717) is 24.1 Å². The first-order chi connectivity index (χ1) is 17.3. The van der Waals surface area contributed by atoms with Crippen molar-refractivity contribution in [2.45, 2.75) is 44.1 Å². The monoisotopic (exact) mass is 499 g/mol. The summed E-state index contributed by atoms with van der Waals surface area (Å²) in [5.41, 5.74) is 4.65. The van der Waals surface area contributed by atoms with Gasteiger partial charge in [-0.2, -0.15) is 13.2 Å². The number of hydrogen-bond donors (Lipinski definition) is 2. The molecule has 2 aromatic heterocycles. The molecule has 2 unspecified atom stereocenters. The van der Waals surface area contributed by atoms with E-state index >= 15 is 0 Å². The normalized spacial score (nSPS) is 21.2. The molecule has 1 fully saturated rings. The third kappa shape index (κ3) is 4.93. The van der Waals surface area contributed by atoms with E-state index in [1.807, 2.05) is 31.2 Å². The molecule has 2 aliphatic rings. The average Bonchev–Trinajstić information content (AvgIpc) is 3.17. The number of halogens is 4. The van der Waals surface area contributed by atoms with Gasteiger partial charge in [-0.3, -0.25) is 19.2 Å². The highest BCUT2D eigenvalue weighted by atomic mass is 19.4. The van der Waals surface area contributed by atoms with Gasteiger partial charge in [-0.05, 0) is 49.6 Å². The van der Waals surface area contributed by atoms with E-state index in [2.05, 4.69) is 26.1 Å². The number of aromatic nitrogens is 2. The molecular formula is C27H29F4N5. The van der Waals surface area contributed by atoms with Crippen molar-refractivity contribution >= 4 is 16.6 Å². The molecule has 190 valence electrons. The van der Waals surface area contributed by atoms with Gasteiger partial charge >= 0.3 is 6.18 Å². The maximum Gasteiger partial charge on any atom is 0.401 e. The number of nitrogens with zero attached hydrogens (tertiary/aromatic N) is 3. The Hall–Kier alpha value is -3.09. The van der Waals surface area contributed by atoms with Crippen molar-refractivity contribution in [1.82, 2.24) is 19.8 Å². The van der Waals surface area contributed by atoms with Crippen LogP contribution in [0.15, 0.2) is 36.5 Å². The Balaban J connectivity index is 1.44. The third-order valence-corrected chi connectivity index (χ3v) is 7.14. The standard InChI is InChI=1S/C27H29F4N5/c1-3-18-5-7-21-22-11-17(2)36(16-27(29,30)31)26(25(22)34-24(21)12-18)23-8-6-19(13-32-23)33-20-14-35(15-20)10-4-9-28/h1,5-8,12-13,17,20,26,33-34H,4,9-11,14-16H2,2H3. The molecule has 0 aliphatic carbocycles. The van der Waals surface area contributed by atoms with Crippen LogP contribution in [0.5, 0.6) is 0 Å². The highest BCUT2D eigenvalue weighted by Crippen LogP contribution is 2.41. The van der Waals surface area contributed by atoms with Crippen molar-refractivity contribution < 1.29 is 17.6 Å². The summed E-state index contributed by atoms with van der Waals surface area (Å²) >= 11 is 0. The van der Waals surface area contributed by atoms with Crippen LogP contribution >= 0.6 is 0 Å². The van der Waals surface area contributed by atoms with E-state index in [1.54, 1.807) is 12.3 Å². The first-order valence-electron chi connectivity index (χ1n) is 12.2. The molecule has 0 bridgehead atoms. The summed E-state index contributed by atoms with van der Waals surface area (Å²) in [6.07, 6.45) is 3.94. The minimum atomic E-state index is -4.34. The summed E-state index contributed by atoms with van der Waals surface area (Å²) in [5.74, 6) is 2.62. The van der Waals surface area contributed by atoms with Gasteiger partial charge < -0.3 is 10.3 Å². The number of alkyl halides is 4. The quantitative estimate of drug-likeness (QED) is 0.359. The molecule has 0 spiro atoms. The second-order valence-corrected chi connectivity index (χ2v) is 9.78. The van der Waals surface area contributed by atoms with E-state index < -0.39 is 18.8 Å². The number of aromatic amines is 1. The SMILES string of the molecule is C#Cc1ccc2c3c([nH]c2c1)C(c1ccc(NC2CN(CCCF)C2)cn1)N(CC(F)(F)F)C(C)C3. The van der Waals surface area contributed by atoms with Crippen LogP contribution in [0.4, 0.5) is 23.2 Å². The Kier molecular flexibility index (Phi) is 6.66. The first kappa shape index (κ1) is 24.6. The molecule has 4 heterocycles. The lowest BCUT2D eigenvalue weighted by molar-refractivity contribution is -0.155. The van der Waals surface area contributed by atoms with Gasteiger partial charge in [0.05, 0.1) is 42.9 Å². The molecule has 1 aromatic carbocycles. The maximum atomic E-state index is 13.6. The molecule has 5 nitrogen and oxygen atoms in total. The molecule has 0 amide bonds. The van der Waals surface area contributed by atoms with Crippen molar-refractivity contribution in [2.24, 2.45) is 0 Å². The van der Waals surface area contributed by atoms with Crippen molar-refractivity contribution in [1.29, 1.82) is 0 Å². The molecular weight excluding hydrogens is 470 g/mol. The van der Waals surface area contributed by atoms with Crippen molar-refractivity contribution in [2.75, 3.05) is 38.2 Å². The van der Waals surface area contributed by atoms with Crippen LogP contribution in [0.3, 0.4) is 0 Å². The van der Waals surface area contributed by atoms with E-state index in [-0.39, 0.29) is 18.8 Å². The van der Waals surface area contributed by atoms with Gasteiger partial charge in [0.2, 0.25) is 0 Å². The summed E-state index contributed by atoms with van der Waals surface area (Å²) in [5, 5.41) is 4.39. The van der Waals surface area contributed by atoms with Crippen LogP contribution in [0, 0.1) is 12.3 Å². The van der Waals surface area contributed by atoms with Crippen LogP contribution < -0.4 is 5.32 Å². The van der Waals surface area contributed by atoms with E-state index in [4.69, 9.17) is 6.42 Å². The molecule has 0 radical (unpaired) electrons. The molecule has 36 heavy (non-hydrogen) atoms. The van der Waals surface area contributed by atoms with Crippen molar-refractivity contribution in [3.05, 3.63) is 59.0 Å². The molecule has 2 aliphatic heterocycles. The van der Waals surface area contributed by atoms with Gasteiger partial charge in [0, 0.05) is 47.8 Å². The van der Waals surface area contributed by atoms with Crippen LogP contribution in [-0.2, 0) is 6.42 Å². The topological polar surface area (TPSA) is 47.2 Å². The Labute approximate surface area is 207 Å². The van der Waals surface area contributed by atoms with Crippen LogP contribution in [0.25, 0.3) is 10.9 Å². The number of pyridine rings is 1. The Morgan fingerprint density at radius 2 is 2.03 bits per heavy atom. The van der Waals surface area contributed by atoms with Gasteiger partial charge in [-0.15, -0.1) is 6.42 Å². The zero-order valence-electron chi connectivity index (χ0n) is 20.1. The molecule has 2 N–H and O–H groups in total. The number of hydrogen-bond acceptors (Lipinski definition) is 4. The third-order valence-electron chi connectivity index (χ3n) is 7.14. The number of rotatable bonds is 7. The minimum Gasteiger partial charge on any atom is -0.378 e.